The third kappa shape index (κ3) is 3.38. The number of hydrogen-bond acceptors (Lipinski definition) is 5. The van der Waals surface area contributed by atoms with Crippen LogP contribution in [-0.4, -0.2) is 25.0 Å². The molecule has 0 saturated carbocycles. The van der Waals surface area contributed by atoms with Crippen molar-refractivity contribution in [2.75, 3.05) is 18.2 Å². The van der Waals surface area contributed by atoms with Crippen LogP contribution < -0.4 is 16.8 Å². The predicted octanol–water partition coefficient (Wildman–Crippen LogP) is 0.731. The molecule has 0 heterocycles. The number of esters is 1. The topological polar surface area (TPSA) is 107 Å². The normalized spacial score (nSPS) is 11.7. The van der Waals surface area contributed by atoms with Crippen molar-refractivity contribution in [1.82, 2.24) is 0 Å². The first-order valence-corrected chi connectivity index (χ1v) is 5.47. The first-order chi connectivity index (χ1) is 8.45. The Hall–Kier alpha value is -2.24. The summed E-state index contributed by atoms with van der Waals surface area (Å²) >= 11 is 0. The molecule has 0 aliphatic rings. The highest BCUT2D eigenvalue weighted by atomic mass is 16.5. The Balaban J connectivity index is 2.99. The third-order valence-corrected chi connectivity index (χ3v) is 2.40. The maximum Gasteiger partial charge on any atom is 0.340 e. The summed E-state index contributed by atoms with van der Waals surface area (Å²) < 4.78 is 4.67. The molecular formula is C12H17N3O3. The number of ether oxygens (including phenoxy) is 1. The van der Waals surface area contributed by atoms with Crippen molar-refractivity contribution < 1.29 is 14.3 Å². The molecule has 0 aliphatic heterocycles. The molecule has 18 heavy (non-hydrogen) atoms. The van der Waals surface area contributed by atoms with Gasteiger partial charge >= 0.3 is 5.97 Å². The second kappa shape index (κ2) is 5.90. The van der Waals surface area contributed by atoms with Crippen LogP contribution in [0.15, 0.2) is 18.2 Å². The number of methoxy groups -OCH3 is 1. The number of primary amides is 1. The van der Waals surface area contributed by atoms with Crippen molar-refractivity contribution in [3.63, 3.8) is 0 Å². The molecule has 0 fully saturated rings. The van der Waals surface area contributed by atoms with Crippen molar-refractivity contribution in [2.24, 2.45) is 5.73 Å². The van der Waals surface area contributed by atoms with Gasteiger partial charge in [-0.1, -0.05) is 6.07 Å². The molecule has 98 valence electrons. The Morgan fingerprint density at radius 3 is 2.67 bits per heavy atom. The van der Waals surface area contributed by atoms with Crippen LogP contribution in [-0.2, 0) is 9.53 Å². The summed E-state index contributed by atoms with van der Waals surface area (Å²) in [7, 11) is 1.29. The van der Waals surface area contributed by atoms with Crippen molar-refractivity contribution in [2.45, 2.75) is 19.4 Å². The zero-order chi connectivity index (χ0) is 13.7. The van der Waals surface area contributed by atoms with Gasteiger partial charge in [0, 0.05) is 12.5 Å². The molecule has 0 bridgehead atoms. The van der Waals surface area contributed by atoms with E-state index in [0.29, 0.717) is 16.9 Å². The molecule has 1 aromatic carbocycles. The number of nitrogens with two attached hydrogens (primary N) is 2. The molecule has 0 spiro atoms. The fraction of sp³-hybridized carbons (Fsp3) is 0.333. The van der Waals surface area contributed by atoms with Crippen molar-refractivity contribution in [3.05, 3.63) is 23.8 Å². The molecule has 5 N–H and O–H groups in total. The minimum absolute atomic E-state index is 0.148. The standard InChI is InChI=1S/C12H17N3O3/c1-7(6-10(14)16)15-11-8(12(17)18-2)4-3-5-9(11)13/h3-5,7,15H,6,13H2,1-2H3,(H2,14,16). The molecule has 6 nitrogen and oxygen atoms in total. The maximum absolute atomic E-state index is 11.6. The lowest BCUT2D eigenvalue weighted by Crippen LogP contribution is -2.25. The number of hydrogen-bond donors (Lipinski definition) is 3. The van der Waals surface area contributed by atoms with E-state index < -0.39 is 11.9 Å². The number of para-hydroxylation sites is 1. The highest BCUT2D eigenvalue weighted by molar-refractivity contribution is 5.98. The summed E-state index contributed by atoms with van der Waals surface area (Å²) in [6.07, 6.45) is 0.148. The number of anilines is 2. The van der Waals surface area contributed by atoms with Gasteiger partial charge in [-0.15, -0.1) is 0 Å². The molecule has 1 atom stereocenters. The summed E-state index contributed by atoms with van der Waals surface area (Å²) in [6, 6.07) is 4.69. The predicted molar refractivity (Wildman–Crippen MR) is 69.1 cm³/mol. The van der Waals surface area contributed by atoms with Crippen LogP contribution >= 0.6 is 0 Å². The van der Waals surface area contributed by atoms with Crippen molar-refractivity contribution in [3.8, 4) is 0 Å². The average Bonchev–Trinajstić information content (AvgIpc) is 2.29. The van der Waals surface area contributed by atoms with Gasteiger partial charge in [-0.2, -0.15) is 0 Å². The van der Waals surface area contributed by atoms with E-state index in [4.69, 9.17) is 11.5 Å². The number of rotatable bonds is 5. The van der Waals surface area contributed by atoms with Crippen LogP contribution in [0.25, 0.3) is 0 Å². The van der Waals surface area contributed by atoms with Gasteiger partial charge in [-0.05, 0) is 19.1 Å². The first-order valence-electron chi connectivity index (χ1n) is 5.47. The van der Waals surface area contributed by atoms with Crippen LogP contribution in [0.3, 0.4) is 0 Å². The van der Waals surface area contributed by atoms with E-state index in [0.717, 1.165) is 0 Å². The number of carbonyl (C=O) groups is 2. The quantitative estimate of drug-likeness (QED) is 0.528. The smallest absolute Gasteiger partial charge is 0.340 e. The molecule has 0 radical (unpaired) electrons. The summed E-state index contributed by atoms with van der Waals surface area (Å²) in [5.41, 5.74) is 12.1. The molecule has 1 rings (SSSR count). The Kier molecular flexibility index (Phi) is 4.53. The second-order valence-corrected chi connectivity index (χ2v) is 3.98. The van der Waals surface area contributed by atoms with Crippen LogP contribution in [0.5, 0.6) is 0 Å². The van der Waals surface area contributed by atoms with Crippen LogP contribution in [0.2, 0.25) is 0 Å². The highest BCUT2D eigenvalue weighted by Crippen LogP contribution is 2.25. The van der Waals surface area contributed by atoms with Crippen LogP contribution in [0.1, 0.15) is 23.7 Å². The summed E-state index contributed by atoms with van der Waals surface area (Å²) in [5.74, 6) is -0.916. The zero-order valence-corrected chi connectivity index (χ0v) is 10.4. The van der Waals surface area contributed by atoms with E-state index in [1.54, 1.807) is 25.1 Å². The molecule has 0 aromatic heterocycles. The summed E-state index contributed by atoms with van der Waals surface area (Å²) in [4.78, 5) is 22.4. The Morgan fingerprint density at radius 2 is 2.11 bits per heavy atom. The average molecular weight is 251 g/mol. The third-order valence-electron chi connectivity index (χ3n) is 2.40. The number of carbonyl (C=O) groups excluding carboxylic acids is 2. The largest absolute Gasteiger partial charge is 0.465 e. The van der Waals surface area contributed by atoms with Gasteiger partial charge in [0.1, 0.15) is 0 Å². The Labute approximate surface area is 105 Å². The molecular weight excluding hydrogens is 234 g/mol. The van der Waals surface area contributed by atoms with Crippen molar-refractivity contribution in [1.29, 1.82) is 0 Å². The van der Waals surface area contributed by atoms with E-state index in [1.807, 2.05) is 0 Å². The highest BCUT2D eigenvalue weighted by Gasteiger charge is 2.16. The minimum atomic E-state index is -0.490. The lowest BCUT2D eigenvalue weighted by Gasteiger charge is -2.17. The van der Waals surface area contributed by atoms with Crippen LogP contribution in [0, 0.1) is 0 Å². The maximum atomic E-state index is 11.6. The molecule has 0 saturated heterocycles. The van der Waals surface area contributed by atoms with Gasteiger partial charge in [-0.25, -0.2) is 4.79 Å². The second-order valence-electron chi connectivity index (χ2n) is 3.98. The number of benzene rings is 1. The first kappa shape index (κ1) is 13.8. The van der Waals surface area contributed by atoms with E-state index >= 15 is 0 Å². The SMILES string of the molecule is COC(=O)c1cccc(N)c1NC(C)CC(N)=O. The van der Waals surface area contributed by atoms with Gasteiger partial charge in [-0.3, -0.25) is 4.79 Å². The molecule has 1 amide bonds. The monoisotopic (exact) mass is 251 g/mol. The minimum Gasteiger partial charge on any atom is -0.465 e. The fourth-order valence-electron chi connectivity index (χ4n) is 1.61. The molecule has 6 heteroatoms. The lowest BCUT2D eigenvalue weighted by atomic mass is 10.1. The van der Waals surface area contributed by atoms with E-state index in [2.05, 4.69) is 10.1 Å². The summed E-state index contributed by atoms with van der Waals surface area (Å²) in [5, 5.41) is 3.00. The molecule has 0 aliphatic carbocycles. The number of nitrogens with one attached hydrogen (secondary N) is 1. The Bertz CT molecular complexity index is 460. The van der Waals surface area contributed by atoms with Gasteiger partial charge in [0.15, 0.2) is 0 Å². The molecule has 1 unspecified atom stereocenters. The Morgan fingerprint density at radius 1 is 1.44 bits per heavy atom. The lowest BCUT2D eigenvalue weighted by molar-refractivity contribution is -0.118. The van der Waals surface area contributed by atoms with Gasteiger partial charge in [0.05, 0.1) is 24.0 Å². The zero-order valence-electron chi connectivity index (χ0n) is 10.4. The fourth-order valence-corrected chi connectivity index (χ4v) is 1.61. The van der Waals surface area contributed by atoms with Gasteiger partial charge < -0.3 is 21.5 Å². The van der Waals surface area contributed by atoms with E-state index in [1.165, 1.54) is 7.11 Å². The van der Waals surface area contributed by atoms with Gasteiger partial charge in [0.25, 0.3) is 0 Å². The summed E-state index contributed by atoms with van der Waals surface area (Å²) in [6.45, 7) is 1.78. The van der Waals surface area contributed by atoms with E-state index in [-0.39, 0.29) is 12.5 Å². The number of nitrogen functional groups attached to an aromatic ring is 1. The molecule has 1 aromatic rings. The van der Waals surface area contributed by atoms with Gasteiger partial charge in [0.2, 0.25) is 5.91 Å². The van der Waals surface area contributed by atoms with Crippen LogP contribution in [0.4, 0.5) is 11.4 Å². The van der Waals surface area contributed by atoms with E-state index in [9.17, 15) is 9.59 Å². The number of amides is 1. The van der Waals surface area contributed by atoms with Crippen molar-refractivity contribution >= 4 is 23.3 Å².